The summed E-state index contributed by atoms with van der Waals surface area (Å²) in [7, 11) is -0.0835. The van der Waals surface area contributed by atoms with Crippen LogP contribution >= 0.6 is 0 Å². The molecule has 1 saturated carbocycles. The molecule has 44 heavy (non-hydrogen) atoms. The highest BCUT2D eigenvalue weighted by Crippen LogP contribution is 2.28. The molecule has 1 fully saturated rings. The van der Waals surface area contributed by atoms with Crippen LogP contribution in [-0.4, -0.2) is 61.7 Å². The summed E-state index contributed by atoms with van der Waals surface area (Å²) in [5.74, 6) is -0.305. The van der Waals surface area contributed by atoms with Crippen LogP contribution in [0.2, 0.25) is 0 Å². The van der Waals surface area contributed by atoms with Crippen molar-refractivity contribution in [1.82, 2.24) is 19.8 Å². The Bertz CT molecular complexity index is 1790. The van der Waals surface area contributed by atoms with E-state index < -0.39 is 21.4 Å². The largest absolute Gasteiger partial charge is 0.351 e. The van der Waals surface area contributed by atoms with Crippen LogP contribution in [0.5, 0.6) is 0 Å². The second-order valence-electron chi connectivity index (χ2n) is 11.3. The molecular formula is C31H37FN8O3S. The SMILES string of the molecule is C=N/C(=N\c1c(C)nc(-c2ccc(NS(=O)(=O)c3ccccc3C#N)c(F)c2)c(=O)n1C(C)C)N[C@H]1CC[C@H](N(C)C)CC1. The molecule has 11 nitrogen and oxygen atoms in total. The van der Waals surface area contributed by atoms with Gasteiger partial charge in [-0.15, -0.1) is 0 Å². The van der Waals surface area contributed by atoms with Crippen LogP contribution in [0.3, 0.4) is 0 Å². The summed E-state index contributed by atoms with van der Waals surface area (Å²) >= 11 is 0. The molecule has 2 N–H and O–H groups in total. The number of aliphatic imine (C=N–C) groups is 2. The van der Waals surface area contributed by atoms with Gasteiger partial charge in [-0.1, -0.05) is 18.2 Å². The van der Waals surface area contributed by atoms with Crippen molar-refractivity contribution in [2.24, 2.45) is 9.98 Å². The van der Waals surface area contributed by atoms with Gasteiger partial charge in [0.05, 0.1) is 16.9 Å². The van der Waals surface area contributed by atoms with E-state index in [0.29, 0.717) is 23.5 Å². The van der Waals surface area contributed by atoms with Gasteiger partial charge in [-0.05, 0) is 91.5 Å². The second kappa shape index (κ2) is 13.5. The van der Waals surface area contributed by atoms with Crippen LogP contribution in [0.25, 0.3) is 11.3 Å². The minimum Gasteiger partial charge on any atom is -0.351 e. The maximum absolute atomic E-state index is 15.3. The Morgan fingerprint density at radius 1 is 1.18 bits per heavy atom. The molecule has 1 heterocycles. The first-order valence-electron chi connectivity index (χ1n) is 14.3. The molecule has 0 unspecified atom stereocenters. The molecular weight excluding hydrogens is 583 g/mol. The lowest BCUT2D eigenvalue weighted by Gasteiger charge is -2.33. The molecule has 0 atom stereocenters. The van der Waals surface area contributed by atoms with Crippen LogP contribution in [0.15, 0.2) is 62.1 Å². The average Bonchev–Trinajstić information content (AvgIpc) is 2.99. The Hall–Kier alpha value is -4.41. The van der Waals surface area contributed by atoms with E-state index in [0.717, 1.165) is 31.7 Å². The van der Waals surface area contributed by atoms with E-state index in [2.05, 4.69) is 50.7 Å². The van der Waals surface area contributed by atoms with Crippen molar-refractivity contribution in [2.75, 3.05) is 18.8 Å². The van der Waals surface area contributed by atoms with Crippen LogP contribution in [0.4, 0.5) is 15.9 Å². The summed E-state index contributed by atoms with van der Waals surface area (Å²) in [6.07, 6.45) is 4.00. The van der Waals surface area contributed by atoms with Crippen molar-refractivity contribution < 1.29 is 12.8 Å². The first-order chi connectivity index (χ1) is 20.9. The predicted molar refractivity (Wildman–Crippen MR) is 170 cm³/mol. The van der Waals surface area contributed by atoms with Gasteiger partial charge in [0.15, 0.2) is 5.82 Å². The molecule has 0 bridgehead atoms. The van der Waals surface area contributed by atoms with Gasteiger partial charge in [0, 0.05) is 23.7 Å². The number of nitrogens with one attached hydrogen (secondary N) is 2. The number of anilines is 1. The van der Waals surface area contributed by atoms with Crippen LogP contribution in [0, 0.1) is 24.1 Å². The first kappa shape index (κ1) is 32.5. The molecule has 2 aromatic carbocycles. The van der Waals surface area contributed by atoms with E-state index in [1.165, 1.54) is 41.0 Å². The number of halogens is 1. The number of nitrogens with zero attached hydrogens (tertiary/aromatic N) is 6. The van der Waals surface area contributed by atoms with E-state index in [9.17, 15) is 18.5 Å². The number of aryl methyl sites for hydroxylation is 1. The standard InChI is InChI=1S/C31H37FN8O3S/c1-19(2)40-29(37-31(34-4)36-23-12-14-24(15-13-23)39(5)6)20(3)35-28(30(40)41)21-11-16-26(25(32)17-21)38-44(42,43)27-10-8-7-9-22(27)18-33/h7-11,16-17,19,23-24,38H,4,12-15H2,1-3,5-6H3,(H,36,37)/t23-,24-. The van der Waals surface area contributed by atoms with Gasteiger partial charge in [0.1, 0.15) is 22.5 Å². The monoisotopic (exact) mass is 620 g/mol. The fraction of sp³-hybridized carbons (Fsp3) is 0.387. The van der Waals surface area contributed by atoms with Crippen LogP contribution in [0.1, 0.15) is 56.8 Å². The van der Waals surface area contributed by atoms with E-state index in [1.54, 1.807) is 6.92 Å². The summed E-state index contributed by atoms with van der Waals surface area (Å²) < 4.78 is 44.7. The van der Waals surface area contributed by atoms with Gasteiger partial charge in [0.2, 0.25) is 5.96 Å². The van der Waals surface area contributed by atoms with Crippen molar-refractivity contribution in [2.45, 2.75) is 69.5 Å². The maximum atomic E-state index is 15.3. The lowest BCUT2D eigenvalue weighted by atomic mass is 9.90. The zero-order valence-corrected chi connectivity index (χ0v) is 26.3. The third-order valence-electron chi connectivity index (χ3n) is 7.67. The van der Waals surface area contributed by atoms with Gasteiger partial charge in [-0.25, -0.2) is 22.8 Å². The molecule has 1 aliphatic carbocycles. The van der Waals surface area contributed by atoms with E-state index in [4.69, 9.17) is 0 Å². The number of guanidine groups is 1. The van der Waals surface area contributed by atoms with Crippen molar-refractivity contribution in [3.05, 3.63) is 69.9 Å². The van der Waals surface area contributed by atoms with Gasteiger partial charge in [0.25, 0.3) is 15.6 Å². The Balaban J connectivity index is 1.65. The maximum Gasteiger partial charge on any atom is 0.278 e. The fourth-order valence-electron chi connectivity index (χ4n) is 5.32. The topological polar surface area (TPSA) is 145 Å². The predicted octanol–water partition coefficient (Wildman–Crippen LogP) is 4.76. The molecule has 232 valence electrons. The summed E-state index contributed by atoms with van der Waals surface area (Å²) in [6, 6.07) is 11.5. The molecule has 3 aromatic rings. The molecule has 0 radical (unpaired) electrons. The Labute approximate surface area is 257 Å². The van der Waals surface area contributed by atoms with Crippen molar-refractivity contribution in [3.63, 3.8) is 0 Å². The van der Waals surface area contributed by atoms with Crippen molar-refractivity contribution in [1.29, 1.82) is 5.26 Å². The van der Waals surface area contributed by atoms with Gasteiger partial charge >= 0.3 is 0 Å². The Morgan fingerprint density at radius 3 is 2.45 bits per heavy atom. The van der Waals surface area contributed by atoms with E-state index in [-0.39, 0.29) is 39.5 Å². The molecule has 0 aliphatic heterocycles. The highest BCUT2D eigenvalue weighted by molar-refractivity contribution is 7.92. The van der Waals surface area contributed by atoms with Gasteiger partial charge < -0.3 is 10.2 Å². The van der Waals surface area contributed by atoms with Crippen molar-refractivity contribution >= 4 is 34.2 Å². The van der Waals surface area contributed by atoms with Gasteiger partial charge in [-0.3, -0.25) is 14.1 Å². The first-order valence-corrected chi connectivity index (χ1v) is 15.8. The zero-order chi connectivity index (χ0) is 32.2. The van der Waals surface area contributed by atoms with Crippen molar-refractivity contribution in [3.8, 4) is 17.3 Å². The van der Waals surface area contributed by atoms with Crippen LogP contribution in [-0.2, 0) is 10.0 Å². The van der Waals surface area contributed by atoms with E-state index >= 15 is 4.39 Å². The van der Waals surface area contributed by atoms with Crippen LogP contribution < -0.4 is 15.6 Å². The number of nitriles is 1. The summed E-state index contributed by atoms with van der Waals surface area (Å²) in [5, 5.41) is 12.6. The molecule has 13 heteroatoms. The number of hydrogen-bond donors (Lipinski definition) is 2. The number of rotatable bonds is 8. The Morgan fingerprint density at radius 2 is 1.86 bits per heavy atom. The average molecular weight is 621 g/mol. The minimum absolute atomic E-state index is 0.0126. The summed E-state index contributed by atoms with van der Waals surface area (Å²) in [4.78, 5) is 28.9. The molecule has 1 aliphatic rings. The summed E-state index contributed by atoms with van der Waals surface area (Å²) in [5.41, 5.74) is -0.327. The number of aromatic nitrogens is 2. The minimum atomic E-state index is -4.26. The Kier molecular flexibility index (Phi) is 9.96. The molecule has 1 aromatic heterocycles. The molecule has 0 spiro atoms. The number of sulfonamides is 1. The molecule has 0 amide bonds. The highest BCUT2D eigenvalue weighted by Gasteiger charge is 2.25. The number of hydrogen-bond acceptors (Lipinski definition) is 7. The smallest absolute Gasteiger partial charge is 0.278 e. The highest BCUT2D eigenvalue weighted by atomic mass is 32.2. The summed E-state index contributed by atoms with van der Waals surface area (Å²) in [6.45, 7) is 9.03. The third-order valence-corrected chi connectivity index (χ3v) is 9.10. The normalized spacial score (nSPS) is 17.4. The zero-order valence-electron chi connectivity index (χ0n) is 25.5. The number of benzene rings is 2. The second-order valence-corrected chi connectivity index (χ2v) is 12.9. The quantitative estimate of drug-likeness (QED) is 0.273. The van der Waals surface area contributed by atoms with E-state index in [1.807, 2.05) is 19.9 Å². The van der Waals surface area contributed by atoms with Gasteiger partial charge in [-0.2, -0.15) is 10.3 Å². The third kappa shape index (κ3) is 7.03. The lowest BCUT2D eigenvalue weighted by Crippen LogP contribution is -2.41. The fourth-order valence-corrected chi connectivity index (χ4v) is 6.55. The molecule has 0 saturated heterocycles. The lowest BCUT2D eigenvalue weighted by molar-refractivity contribution is 0.211. The molecule has 4 rings (SSSR count).